The molecule has 0 aliphatic rings. The monoisotopic (exact) mass is 325 g/mol. The highest BCUT2D eigenvalue weighted by Gasteiger charge is 2.07. The van der Waals surface area contributed by atoms with E-state index in [0.29, 0.717) is 6.04 Å². The third-order valence-corrected chi connectivity index (χ3v) is 4.81. The predicted octanol–water partition coefficient (Wildman–Crippen LogP) is 2.63. The Morgan fingerprint density at radius 3 is 2.68 bits per heavy atom. The van der Waals surface area contributed by atoms with Gasteiger partial charge in [0.25, 0.3) is 0 Å². The molecule has 22 heavy (non-hydrogen) atoms. The van der Waals surface area contributed by atoms with Crippen LogP contribution in [0.15, 0.2) is 10.5 Å². The topological polar surface area (TPSA) is 52.5 Å². The first kappa shape index (κ1) is 18.9. The van der Waals surface area contributed by atoms with E-state index in [9.17, 15) is 0 Å². The molecule has 0 fully saturated rings. The van der Waals surface area contributed by atoms with Crippen molar-refractivity contribution in [2.45, 2.75) is 53.1 Å². The molecule has 126 valence electrons. The van der Waals surface area contributed by atoms with Gasteiger partial charge < -0.3 is 15.5 Å². The van der Waals surface area contributed by atoms with E-state index < -0.39 is 0 Å². The Balaban J connectivity index is 2.28. The molecule has 1 aromatic rings. The fourth-order valence-corrected chi connectivity index (χ4v) is 3.04. The molecule has 1 rings (SSSR count). The van der Waals surface area contributed by atoms with E-state index in [-0.39, 0.29) is 0 Å². The molecule has 0 spiro atoms. The van der Waals surface area contributed by atoms with E-state index in [4.69, 9.17) is 0 Å². The number of aliphatic imine (C=N–C) groups is 1. The zero-order valence-corrected chi connectivity index (χ0v) is 15.5. The maximum atomic E-state index is 4.30. The summed E-state index contributed by atoms with van der Waals surface area (Å²) in [5.41, 5.74) is 2.98. The van der Waals surface area contributed by atoms with E-state index in [0.717, 1.165) is 37.7 Å². The molecule has 0 saturated carbocycles. The second kappa shape index (κ2) is 10.6. The lowest BCUT2D eigenvalue weighted by Gasteiger charge is -2.21. The summed E-state index contributed by atoms with van der Waals surface area (Å²) in [6.45, 7) is 12.9. The second-order valence-electron chi connectivity index (χ2n) is 5.50. The largest absolute Gasteiger partial charge is 0.354 e. The number of hydrogen-bond donors (Lipinski definition) is 2. The standard InChI is InChI=1S/C16H31N5S/c1-6-21(7-2)10-8-9-13(3)20-16(17-5)18-11-15-14(4)19-12-22-15/h12-13H,6-11H2,1-5H3,(H2,17,18,20). The smallest absolute Gasteiger partial charge is 0.191 e. The van der Waals surface area contributed by atoms with Gasteiger partial charge in [0.05, 0.1) is 17.7 Å². The first-order valence-corrected chi connectivity index (χ1v) is 9.07. The first-order chi connectivity index (χ1) is 10.6. The highest BCUT2D eigenvalue weighted by atomic mass is 32.1. The molecule has 1 unspecified atom stereocenters. The van der Waals surface area contributed by atoms with Crippen molar-refractivity contribution in [3.8, 4) is 0 Å². The third kappa shape index (κ3) is 6.75. The Kier molecular flexibility index (Phi) is 9.08. The van der Waals surface area contributed by atoms with Gasteiger partial charge in [0.15, 0.2) is 5.96 Å². The molecule has 0 bridgehead atoms. The molecule has 0 aliphatic carbocycles. The average Bonchev–Trinajstić information content (AvgIpc) is 2.93. The SMILES string of the molecule is CCN(CC)CCCC(C)NC(=NC)NCc1scnc1C. The molecule has 6 heteroatoms. The molecule has 0 aromatic carbocycles. The van der Waals surface area contributed by atoms with Crippen LogP contribution in [-0.2, 0) is 6.54 Å². The van der Waals surface area contributed by atoms with Crippen molar-refractivity contribution in [2.24, 2.45) is 4.99 Å². The first-order valence-electron chi connectivity index (χ1n) is 8.19. The molecular formula is C16H31N5S. The Bertz CT molecular complexity index is 439. The number of rotatable bonds is 9. The molecule has 0 radical (unpaired) electrons. The van der Waals surface area contributed by atoms with Crippen LogP contribution in [-0.4, -0.2) is 48.6 Å². The number of aromatic nitrogens is 1. The van der Waals surface area contributed by atoms with Gasteiger partial charge in [0, 0.05) is 18.0 Å². The molecule has 0 aliphatic heterocycles. The van der Waals surface area contributed by atoms with Crippen LogP contribution in [0.25, 0.3) is 0 Å². The Hall–Kier alpha value is -1.14. The van der Waals surface area contributed by atoms with Crippen molar-refractivity contribution in [3.63, 3.8) is 0 Å². The predicted molar refractivity (Wildman–Crippen MR) is 96.7 cm³/mol. The zero-order chi connectivity index (χ0) is 16.4. The van der Waals surface area contributed by atoms with Gasteiger partial charge in [0.2, 0.25) is 0 Å². The van der Waals surface area contributed by atoms with Gasteiger partial charge >= 0.3 is 0 Å². The molecule has 2 N–H and O–H groups in total. The van der Waals surface area contributed by atoms with Crippen LogP contribution in [0, 0.1) is 6.92 Å². The van der Waals surface area contributed by atoms with Gasteiger partial charge in [-0.2, -0.15) is 0 Å². The number of guanidine groups is 1. The van der Waals surface area contributed by atoms with Gasteiger partial charge in [-0.15, -0.1) is 11.3 Å². The summed E-state index contributed by atoms with van der Waals surface area (Å²) in [4.78, 5) is 12.3. The minimum atomic E-state index is 0.421. The van der Waals surface area contributed by atoms with Crippen LogP contribution in [0.4, 0.5) is 0 Å². The molecular weight excluding hydrogens is 294 g/mol. The van der Waals surface area contributed by atoms with E-state index in [2.05, 4.69) is 46.3 Å². The molecule has 5 nitrogen and oxygen atoms in total. The number of nitrogens with zero attached hydrogens (tertiary/aromatic N) is 3. The fourth-order valence-electron chi connectivity index (χ4n) is 2.32. The van der Waals surface area contributed by atoms with Crippen LogP contribution in [0.5, 0.6) is 0 Å². The van der Waals surface area contributed by atoms with Crippen molar-refractivity contribution < 1.29 is 0 Å². The average molecular weight is 326 g/mol. The Morgan fingerprint density at radius 1 is 1.41 bits per heavy atom. The van der Waals surface area contributed by atoms with Crippen LogP contribution in [0.1, 0.15) is 44.2 Å². The summed E-state index contributed by atoms with van der Waals surface area (Å²) in [7, 11) is 1.82. The summed E-state index contributed by atoms with van der Waals surface area (Å²) < 4.78 is 0. The van der Waals surface area contributed by atoms with Crippen molar-refractivity contribution in [1.82, 2.24) is 20.5 Å². The molecule has 1 atom stereocenters. The maximum absolute atomic E-state index is 4.30. The Morgan fingerprint density at radius 2 is 2.14 bits per heavy atom. The van der Waals surface area contributed by atoms with Gasteiger partial charge in [-0.3, -0.25) is 4.99 Å². The number of nitrogens with one attached hydrogen (secondary N) is 2. The van der Waals surface area contributed by atoms with Crippen molar-refractivity contribution in [1.29, 1.82) is 0 Å². The van der Waals surface area contributed by atoms with Crippen molar-refractivity contribution in [2.75, 3.05) is 26.7 Å². The number of thiazole rings is 1. The lowest BCUT2D eigenvalue weighted by Crippen LogP contribution is -2.42. The van der Waals surface area contributed by atoms with Crippen LogP contribution in [0.3, 0.4) is 0 Å². The highest BCUT2D eigenvalue weighted by molar-refractivity contribution is 7.09. The summed E-state index contributed by atoms with van der Waals surface area (Å²) >= 11 is 1.68. The fraction of sp³-hybridized carbons (Fsp3) is 0.750. The summed E-state index contributed by atoms with van der Waals surface area (Å²) in [6.07, 6.45) is 2.36. The highest BCUT2D eigenvalue weighted by Crippen LogP contribution is 2.11. The lowest BCUT2D eigenvalue weighted by molar-refractivity contribution is 0.292. The van der Waals surface area contributed by atoms with E-state index in [1.165, 1.54) is 17.8 Å². The van der Waals surface area contributed by atoms with E-state index in [1.807, 2.05) is 19.5 Å². The number of hydrogen-bond acceptors (Lipinski definition) is 4. The van der Waals surface area contributed by atoms with E-state index in [1.54, 1.807) is 11.3 Å². The zero-order valence-electron chi connectivity index (χ0n) is 14.6. The van der Waals surface area contributed by atoms with Gasteiger partial charge in [-0.25, -0.2) is 4.98 Å². The molecule has 1 aromatic heterocycles. The summed E-state index contributed by atoms with van der Waals surface area (Å²) in [5, 5.41) is 6.83. The minimum absolute atomic E-state index is 0.421. The second-order valence-corrected chi connectivity index (χ2v) is 6.44. The van der Waals surface area contributed by atoms with Crippen LogP contribution in [0.2, 0.25) is 0 Å². The quantitative estimate of drug-likeness (QED) is 0.541. The third-order valence-electron chi connectivity index (χ3n) is 3.87. The normalized spacial score (nSPS) is 13.5. The van der Waals surface area contributed by atoms with Crippen LogP contribution >= 0.6 is 11.3 Å². The summed E-state index contributed by atoms with van der Waals surface area (Å²) in [6, 6.07) is 0.421. The summed E-state index contributed by atoms with van der Waals surface area (Å²) in [5.74, 6) is 0.864. The van der Waals surface area contributed by atoms with Gasteiger partial charge in [-0.05, 0) is 46.3 Å². The lowest BCUT2D eigenvalue weighted by atomic mass is 10.2. The van der Waals surface area contributed by atoms with Gasteiger partial charge in [0.1, 0.15) is 0 Å². The van der Waals surface area contributed by atoms with Gasteiger partial charge in [-0.1, -0.05) is 13.8 Å². The van der Waals surface area contributed by atoms with Crippen molar-refractivity contribution >= 4 is 17.3 Å². The molecule has 1 heterocycles. The number of aryl methyl sites for hydroxylation is 1. The molecule has 0 amide bonds. The molecule has 0 saturated heterocycles. The maximum Gasteiger partial charge on any atom is 0.191 e. The Labute approximate surface area is 139 Å². The van der Waals surface area contributed by atoms with Crippen LogP contribution < -0.4 is 10.6 Å². The van der Waals surface area contributed by atoms with Crippen molar-refractivity contribution in [3.05, 3.63) is 16.1 Å². The minimum Gasteiger partial charge on any atom is -0.354 e. The van der Waals surface area contributed by atoms with E-state index >= 15 is 0 Å².